The minimum atomic E-state index is -4.40. The Bertz CT molecular complexity index is 1720. The number of ether oxygens (including phenoxy) is 1. The molecule has 0 heterocycles. The smallest absolute Gasteiger partial charge is 0.264 e. The Hall–Kier alpha value is -4.77. The van der Waals surface area contributed by atoms with Crippen LogP contribution in [0.5, 0.6) is 5.75 Å². The van der Waals surface area contributed by atoms with E-state index in [2.05, 4.69) is 5.32 Å². The van der Waals surface area contributed by atoms with E-state index in [0.717, 1.165) is 34.1 Å². The first kappa shape index (κ1) is 35.1. The largest absolute Gasteiger partial charge is 0.494 e. The molecule has 4 aromatic carbocycles. The summed E-state index contributed by atoms with van der Waals surface area (Å²) in [6.45, 7) is 5.21. The topological polar surface area (TPSA) is 96.0 Å². The summed E-state index contributed by atoms with van der Waals surface area (Å²) < 4.78 is 62.2. The molecule has 0 bridgehead atoms. The Kier molecular flexibility index (Phi) is 12.1. The van der Waals surface area contributed by atoms with E-state index < -0.39 is 46.1 Å². The van der Waals surface area contributed by atoms with E-state index in [1.54, 1.807) is 12.1 Å². The SMILES string of the molecule is CCOc1ccc(N(CC(=O)N(Cc2ccc(F)cc2)[C@H](Cc2ccccc2)C(=O)N[C@@H](C)CC)S(=O)(=O)c2ccc(F)cc2)cc1. The van der Waals surface area contributed by atoms with Crippen molar-refractivity contribution >= 4 is 27.5 Å². The standard InChI is InChI=1S/C36H39F2N3O5S/c1-4-26(3)39-36(43)34(23-27-9-7-6-8-10-27)40(24-28-11-13-29(37)14-12-28)35(42)25-41(31-17-19-32(20-18-31)46-5-2)47(44,45)33-21-15-30(38)16-22-33/h6-22,26,34H,4-5,23-25H2,1-3H3,(H,39,43)/t26-,34+/m0/s1. The molecule has 0 aliphatic carbocycles. The Balaban J connectivity index is 1.80. The lowest BCUT2D eigenvalue weighted by Crippen LogP contribution is -2.54. The van der Waals surface area contributed by atoms with Crippen LogP contribution in [-0.4, -0.2) is 50.4 Å². The molecule has 0 spiro atoms. The van der Waals surface area contributed by atoms with Gasteiger partial charge in [-0.2, -0.15) is 0 Å². The highest BCUT2D eigenvalue weighted by atomic mass is 32.2. The van der Waals surface area contributed by atoms with Gasteiger partial charge in [-0.1, -0.05) is 49.4 Å². The second-order valence-corrected chi connectivity index (χ2v) is 12.9. The molecule has 2 atom stereocenters. The molecule has 47 heavy (non-hydrogen) atoms. The van der Waals surface area contributed by atoms with Crippen molar-refractivity contribution in [2.45, 2.75) is 57.1 Å². The number of nitrogens with zero attached hydrogens (tertiary/aromatic N) is 2. The Morgan fingerprint density at radius 1 is 0.809 bits per heavy atom. The molecular weight excluding hydrogens is 624 g/mol. The number of sulfonamides is 1. The fourth-order valence-electron chi connectivity index (χ4n) is 4.92. The number of carbonyl (C=O) groups is 2. The number of anilines is 1. The van der Waals surface area contributed by atoms with Crippen molar-refractivity contribution in [3.63, 3.8) is 0 Å². The zero-order valence-electron chi connectivity index (χ0n) is 26.6. The van der Waals surface area contributed by atoms with E-state index in [4.69, 9.17) is 4.74 Å². The van der Waals surface area contributed by atoms with E-state index in [-0.39, 0.29) is 29.6 Å². The first-order chi connectivity index (χ1) is 22.5. The van der Waals surface area contributed by atoms with E-state index >= 15 is 0 Å². The zero-order chi connectivity index (χ0) is 34.0. The molecule has 0 radical (unpaired) electrons. The second-order valence-electron chi connectivity index (χ2n) is 11.1. The van der Waals surface area contributed by atoms with Gasteiger partial charge in [-0.15, -0.1) is 0 Å². The monoisotopic (exact) mass is 663 g/mol. The van der Waals surface area contributed by atoms with Crippen molar-refractivity contribution in [2.24, 2.45) is 0 Å². The molecule has 4 aromatic rings. The van der Waals surface area contributed by atoms with Gasteiger partial charge in [0.2, 0.25) is 11.8 Å². The van der Waals surface area contributed by atoms with Crippen molar-refractivity contribution in [2.75, 3.05) is 17.5 Å². The summed E-state index contributed by atoms with van der Waals surface area (Å²) in [6.07, 6.45) is 0.793. The molecule has 0 aliphatic rings. The zero-order valence-corrected chi connectivity index (χ0v) is 27.4. The number of nitrogens with one attached hydrogen (secondary N) is 1. The lowest BCUT2D eigenvalue weighted by atomic mass is 10.0. The third-order valence-corrected chi connectivity index (χ3v) is 9.44. The fourth-order valence-corrected chi connectivity index (χ4v) is 6.33. The predicted molar refractivity (Wildman–Crippen MR) is 177 cm³/mol. The molecule has 4 rings (SSSR count). The molecule has 0 unspecified atom stereocenters. The van der Waals surface area contributed by atoms with Gasteiger partial charge in [0.05, 0.1) is 17.2 Å². The van der Waals surface area contributed by atoms with Gasteiger partial charge in [0, 0.05) is 19.0 Å². The number of benzene rings is 4. The molecule has 11 heteroatoms. The van der Waals surface area contributed by atoms with Crippen molar-refractivity contribution < 1.29 is 31.5 Å². The maximum Gasteiger partial charge on any atom is 0.264 e. The second kappa shape index (κ2) is 16.2. The summed E-state index contributed by atoms with van der Waals surface area (Å²) >= 11 is 0. The highest BCUT2D eigenvalue weighted by molar-refractivity contribution is 7.92. The molecule has 248 valence electrons. The van der Waals surface area contributed by atoms with Crippen LogP contribution in [-0.2, 0) is 32.6 Å². The molecule has 2 amide bonds. The molecule has 0 aliphatic heterocycles. The van der Waals surface area contributed by atoms with Crippen LogP contribution in [0, 0.1) is 11.6 Å². The molecular formula is C36H39F2N3O5S. The Labute approximate surface area is 275 Å². The minimum Gasteiger partial charge on any atom is -0.494 e. The van der Waals surface area contributed by atoms with Crippen LogP contribution in [0.2, 0.25) is 0 Å². The number of hydrogen-bond donors (Lipinski definition) is 1. The summed E-state index contributed by atoms with van der Waals surface area (Å²) in [5, 5.41) is 2.97. The molecule has 0 saturated heterocycles. The van der Waals surface area contributed by atoms with Crippen LogP contribution in [0.15, 0.2) is 108 Å². The molecule has 0 saturated carbocycles. The Morgan fingerprint density at radius 3 is 1.98 bits per heavy atom. The third kappa shape index (κ3) is 9.38. The van der Waals surface area contributed by atoms with Crippen LogP contribution in [0.4, 0.5) is 14.5 Å². The van der Waals surface area contributed by atoms with Crippen LogP contribution in [0.1, 0.15) is 38.3 Å². The molecule has 8 nitrogen and oxygen atoms in total. The van der Waals surface area contributed by atoms with Crippen molar-refractivity contribution in [1.29, 1.82) is 0 Å². The lowest BCUT2D eigenvalue weighted by Gasteiger charge is -2.34. The summed E-state index contributed by atoms with van der Waals surface area (Å²) in [5.41, 5.74) is 1.50. The summed E-state index contributed by atoms with van der Waals surface area (Å²) in [7, 11) is -4.40. The lowest BCUT2D eigenvalue weighted by molar-refractivity contribution is -0.140. The van der Waals surface area contributed by atoms with Crippen LogP contribution < -0.4 is 14.4 Å². The van der Waals surface area contributed by atoms with Gasteiger partial charge in [-0.05, 0) is 92.1 Å². The first-order valence-electron chi connectivity index (χ1n) is 15.4. The first-order valence-corrected chi connectivity index (χ1v) is 16.8. The average molecular weight is 664 g/mol. The predicted octanol–water partition coefficient (Wildman–Crippen LogP) is 6.11. The van der Waals surface area contributed by atoms with Crippen molar-refractivity contribution in [1.82, 2.24) is 10.2 Å². The van der Waals surface area contributed by atoms with Crippen LogP contribution in [0.3, 0.4) is 0 Å². The van der Waals surface area contributed by atoms with Crippen molar-refractivity contribution in [3.8, 4) is 5.75 Å². The number of halogens is 2. The maximum absolute atomic E-state index is 14.5. The van der Waals surface area contributed by atoms with Gasteiger partial charge in [-0.3, -0.25) is 13.9 Å². The Morgan fingerprint density at radius 2 is 1.40 bits per heavy atom. The van der Waals surface area contributed by atoms with Gasteiger partial charge in [0.25, 0.3) is 10.0 Å². The van der Waals surface area contributed by atoms with E-state index in [1.807, 2.05) is 51.1 Å². The number of rotatable bonds is 15. The fraction of sp³-hybridized carbons (Fsp3) is 0.278. The summed E-state index contributed by atoms with van der Waals surface area (Å²) in [5.74, 6) is -1.66. The molecule has 0 aromatic heterocycles. The van der Waals surface area contributed by atoms with E-state index in [1.165, 1.54) is 41.3 Å². The maximum atomic E-state index is 14.5. The van der Waals surface area contributed by atoms with Crippen LogP contribution >= 0.6 is 0 Å². The number of amides is 2. The normalized spacial score (nSPS) is 12.5. The minimum absolute atomic E-state index is 0.0990. The highest BCUT2D eigenvalue weighted by Crippen LogP contribution is 2.27. The molecule has 0 fully saturated rings. The summed E-state index contributed by atoms with van der Waals surface area (Å²) in [6, 6.07) is 24.0. The third-order valence-electron chi connectivity index (χ3n) is 7.65. The van der Waals surface area contributed by atoms with Crippen molar-refractivity contribution in [3.05, 3.63) is 126 Å². The van der Waals surface area contributed by atoms with E-state index in [0.29, 0.717) is 24.3 Å². The van der Waals surface area contributed by atoms with Gasteiger partial charge >= 0.3 is 0 Å². The number of hydrogen-bond acceptors (Lipinski definition) is 5. The highest BCUT2D eigenvalue weighted by Gasteiger charge is 2.35. The quantitative estimate of drug-likeness (QED) is 0.166. The molecule has 1 N–H and O–H groups in total. The van der Waals surface area contributed by atoms with E-state index in [9.17, 15) is 26.8 Å². The van der Waals surface area contributed by atoms with Gasteiger partial charge in [0.15, 0.2) is 0 Å². The van der Waals surface area contributed by atoms with Crippen LogP contribution in [0.25, 0.3) is 0 Å². The van der Waals surface area contributed by atoms with Gasteiger partial charge in [0.1, 0.15) is 30.0 Å². The van der Waals surface area contributed by atoms with Gasteiger partial charge < -0.3 is 15.0 Å². The summed E-state index contributed by atoms with van der Waals surface area (Å²) in [4.78, 5) is 29.4. The number of carbonyl (C=O) groups excluding carboxylic acids is 2. The van der Waals surface area contributed by atoms with Gasteiger partial charge in [-0.25, -0.2) is 17.2 Å². The average Bonchev–Trinajstić information content (AvgIpc) is 3.07.